The normalized spacial score (nSPS) is 10.3. The lowest BCUT2D eigenvalue weighted by atomic mass is 10.2. The van der Waals surface area contributed by atoms with Crippen LogP contribution in [0.1, 0.15) is 19.5 Å². The van der Waals surface area contributed by atoms with Crippen molar-refractivity contribution in [3.05, 3.63) is 42.4 Å². The number of anilines is 3. The third kappa shape index (κ3) is 4.18. The molecule has 0 aliphatic carbocycles. The van der Waals surface area contributed by atoms with E-state index in [1.54, 1.807) is 24.5 Å². The predicted molar refractivity (Wildman–Crippen MR) is 88.8 cm³/mol. The van der Waals surface area contributed by atoms with Crippen LogP contribution >= 0.6 is 0 Å². The third-order valence-electron chi connectivity index (χ3n) is 3.31. The minimum Gasteiger partial charge on any atom is -0.397 e. The summed E-state index contributed by atoms with van der Waals surface area (Å²) in [6.07, 6.45) is 3.42. The standard InChI is InChI=1S/C16H21N5O/c1-3-21(4-2)15-8-7-14(11-19-15)20-16(22)9-13-6-5-12(17)10-18-13/h5-8,10-11H,3-4,9,17H2,1-2H3,(H,20,22). The van der Waals surface area contributed by atoms with Gasteiger partial charge in [0.15, 0.2) is 0 Å². The lowest BCUT2D eigenvalue weighted by molar-refractivity contribution is -0.115. The molecule has 116 valence electrons. The summed E-state index contributed by atoms with van der Waals surface area (Å²) < 4.78 is 0. The van der Waals surface area contributed by atoms with E-state index in [0.717, 1.165) is 18.9 Å². The van der Waals surface area contributed by atoms with E-state index in [4.69, 9.17) is 5.73 Å². The molecule has 0 aromatic carbocycles. The Morgan fingerprint density at radius 2 is 1.91 bits per heavy atom. The van der Waals surface area contributed by atoms with Crippen molar-refractivity contribution in [2.75, 3.05) is 29.0 Å². The first-order valence-corrected chi connectivity index (χ1v) is 7.33. The van der Waals surface area contributed by atoms with Crippen LogP contribution in [0.2, 0.25) is 0 Å². The van der Waals surface area contributed by atoms with Crippen molar-refractivity contribution in [2.24, 2.45) is 0 Å². The molecule has 0 spiro atoms. The number of carbonyl (C=O) groups excluding carboxylic acids is 1. The Balaban J connectivity index is 1.95. The fourth-order valence-electron chi connectivity index (χ4n) is 2.10. The molecule has 3 N–H and O–H groups in total. The van der Waals surface area contributed by atoms with Crippen LogP contribution in [0.4, 0.5) is 17.2 Å². The van der Waals surface area contributed by atoms with Crippen LogP contribution in [0.3, 0.4) is 0 Å². The molecule has 22 heavy (non-hydrogen) atoms. The fraction of sp³-hybridized carbons (Fsp3) is 0.312. The molecule has 0 unspecified atom stereocenters. The number of amides is 1. The third-order valence-corrected chi connectivity index (χ3v) is 3.31. The molecule has 2 aromatic rings. The molecule has 0 atom stereocenters. The first-order chi connectivity index (χ1) is 10.6. The minimum absolute atomic E-state index is 0.130. The number of rotatable bonds is 6. The van der Waals surface area contributed by atoms with E-state index < -0.39 is 0 Å². The van der Waals surface area contributed by atoms with Crippen LogP contribution in [0.5, 0.6) is 0 Å². The molecule has 0 aliphatic heterocycles. The lowest BCUT2D eigenvalue weighted by Gasteiger charge is -2.19. The number of carbonyl (C=O) groups is 1. The van der Waals surface area contributed by atoms with Gasteiger partial charge in [0.05, 0.1) is 30.2 Å². The number of nitrogens with one attached hydrogen (secondary N) is 1. The van der Waals surface area contributed by atoms with Crippen LogP contribution < -0.4 is 16.0 Å². The summed E-state index contributed by atoms with van der Waals surface area (Å²) in [7, 11) is 0. The van der Waals surface area contributed by atoms with Gasteiger partial charge in [0, 0.05) is 18.8 Å². The molecule has 0 bridgehead atoms. The van der Waals surface area contributed by atoms with Crippen molar-refractivity contribution in [1.82, 2.24) is 9.97 Å². The highest BCUT2D eigenvalue weighted by Crippen LogP contribution is 2.14. The van der Waals surface area contributed by atoms with Gasteiger partial charge in [-0.3, -0.25) is 9.78 Å². The van der Waals surface area contributed by atoms with Gasteiger partial charge < -0.3 is 16.0 Å². The van der Waals surface area contributed by atoms with E-state index in [0.29, 0.717) is 17.1 Å². The molecule has 2 aromatic heterocycles. The predicted octanol–water partition coefficient (Wildman–Crippen LogP) is 2.09. The van der Waals surface area contributed by atoms with Gasteiger partial charge in [-0.15, -0.1) is 0 Å². The van der Waals surface area contributed by atoms with Crippen LogP contribution in [-0.2, 0) is 11.2 Å². The molecular formula is C16H21N5O. The van der Waals surface area contributed by atoms with E-state index in [1.165, 1.54) is 0 Å². The largest absolute Gasteiger partial charge is 0.397 e. The van der Waals surface area contributed by atoms with Crippen molar-refractivity contribution in [2.45, 2.75) is 20.3 Å². The van der Waals surface area contributed by atoms with E-state index in [-0.39, 0.29) is 12.3 Å². The van der Waals surface area contributed by atoms with Gasteiger partial charge in [0.1, 0.15) is 5.82 Å². The summed E-state index contributed by atoms with van der Waals surface area (Å²) in [6, 6.07) is 7.24. The summed E-state index contributed by atoms with van der Waals surface area (Å²) in [5.41, 5.74) is 7.51. The van der Waals surface area contributed by atoms with Gasteiger partial charge in [0.2, 0.25) is 5.91 Å². The number of pyridine rings is 2. The Morgan fingerprint density at radius 1 is 1.14 bits per heavy atom. The number of hydrogen-bond acceptors (Lipinski definition) is 5. The Bertz CT molecular complexity index is 605. The first-order valence-electron chi connectivity index (χ1n) is 7.33. The maximum Gasteiger partial charge on any atom is 0.230 e. The molecule has 1 amide bonds. The van der Waals surface area contributed by atoms with Gasteiger partial charge in [-0.25, -0.2) is 4.98 Å². The van der Waals surface area contributed by atoms with E-state index in [2.05, 4.69) is 34.0 Å². The van der Waals surface area contributed by atoms with Crippen molar-refractivity contribution < 1.29 is 4.79 Å². The molecule has 2 rings (SSSR count). The highest BCUT2D eigenvalue weighted by Gasteiger charge is 2.07. The summed E-state index contributed by atoms with van der Waals surface area (Å²) >= 11 is 0. The van der Waals surface area contributed by atoms with Gasteiger partial charge in [-0.1, -0.05) is 0 Å². The highest BCUT2D eigenvalue weighted by molar-refractivity contribution is 5.91. The van der Waals surface area contributed by atoms with Gasteiger partial charge in [0.25, 0.3) is 0 Å². The van der Waals surface area contributed by atoms with Crippen molar-refractivity contribution in [1.29, 1.82) is 0 Å². The number of aromatic nitrogens is 2. The quantitative estimate of drug-likeness (QED) is 0.853. The van der Waals surface area contributed by atoms with Crippen LogP contribution in [0, 0.1) is 0 Å². The summed E-state index contributed by atoms with van der Waals surface area (Å²) in [4.78, 5) is 22.6. The molecule has 0 radical (unpaired) electrons. The molecule has 2 heterocycles. The molecule has 0 saturated carbocycles. The van der Waals surface area contributed by atoms with E-state index >= 15 is 0 Å². The summed E-state index contributed by atoms with van der Waals surface area (Å²) in [6.45, 7) is 5.97. The van der Waals surface area contributed by atoms with Crippen molar-refractivity contribution >= 4 is 23.1 Å². The van der Waals surface area contributed by atoms with E-state index in [1.807, 2.05) is 12.1 Å². The average molecular weight is 299 g/mol. The zero-order chi connectivity index (χ0) is 15.9. The zero-order valence-electron chi connectivity index (χ0n) is 12.9. The number of nitrogens with zero attached hydrogens (tertiary/aromatic N) is 3. The topological polar surface area (TPSA) is 84.1 Å². The van der Waals surface area contributed by atoms with E-state index in [9.17, 15) is 4.79 Å². The highest BCUT2D eigenvalue weighted by atomic mass is 16.1. The molecule has 0 aliphatic rings. The molecule has 6 nitrogen and oxygen atoms in total. The lowest BCUT2D eigenvalue weighted by Crippen LogP contribution is -2.23. The van der Waals surface area contributed by atoms with Crippen molar-refractivity contribution in [3.8, 4) is 0 Å². The van der Waals surface area contributed by atoms with Crippen molar-refractivity contribution in [3.63, 3.8) is 0 Å². The average Bonchev–Trinajstić information content (AvgIpc) is 2.52. The SMILES string of the molecule is CCN(CC)c1ccc(NC(=O)Cc2ccc(N)cn2)cn1. The molecule has 0 saturated heterocycles. The summed E-state index contributed by atoms with van der Waals surface area (Å²) in [5.74, 6) is 0.776. The number of hydrogen-bond donors (Lipinski definition) is 2. The second-order valence-electron chi connectivity index (χ2n) is 4.89. The minimum atomic E-state index is -0.130. The Kier molecular flexibility index (Phi) is 5.30. The van der Waals surface area contributed by atoms with Crippen LogP contribution in [0.15, 0.2) is 36.7 Å². The molecular weight excluding hydrogens is 278 g/mol. The molecule has 0 fully saturated rings. The van der Waals surface area contributed by atoms with Crippen LogP contribution in [0.25, 0.3) is 0 Å². The molecule has 6 heteroatoms. The Labute approximate surface area is 130 Å². The van der Waals surface area contributed by atoms with Crippen LogP contribution in [-0.4, -0.2) is 29.0 Å². The zero-order valence-corrected chi connectivity index (χ0v) is 12.9. The summed E-state index contributed by atoms with van der Waals surface area (Å²) in [5, 5.41) is 2.82. The fourth-order valence-corrected chi connectivity index (χ4v) is 2.10. The monoisotopic (exact) mass is 299 g/mol. The second-order valence-corrected chi connectivity index (χ2v) is 4.89. The maximum absolute atomic E-state index is 12.0. The number of nitrogens with two attached hydrogens (primary N) is 1. The smallest absolute Gasteiger partial charge is 0.230 e. The maximum atomic E-state index is 12.0. The number of nitrogen functional groups attached to an aromatic ring is 1. The van der Waals surface area contributed by atoms with Gasteiger partial charge in [-0.2, -0.15) is 0 Å². The first kappa shape index (κ1) is 15.8. The Hall–Kier alpha value is -2.63. The second kappa shape index (κ2) is 7.40. The Morgan fingerprint density at radius 3 is 2.45 bits per heavy atom. The van der Waals surface area contributed by atoms with Gasteiger partial charge >= 0.3 is 0 Å². The van der Waals surface area contributed by atoms with Gasteiger partial charge in [-0.05, 0) is 38.1 Å².